The van der Waals surface area contributed by atoms with Crippen LogP contribution < -0.4 is 9.47 Å². The summed E-state index contributed by atoms with van der Waals surface area (Å²) in [7, 11) is 2.16. The number of fused-ring (bicyclic) bond motifs is 2. The standard InChI is InChI=1S/C28H25NO3/c1-18-15-30-16-22(18)26(20-12-13-24-25(14-20)32-17-31-24)27-21-10-6-7-11-23(21)29(2)28(27)19-8-4-3-5-9-19/h3-14,22,26H,1,15-17H2,2H3/t22-,26-/m0/s1. The molecule has 32 heavy (non-hydrogen) atoms. The molecule has 0 saturated carbocycles. The lowest BCUT2D eigenvalue weighted by Crippen LogP contribution is -2.17. The van der Waals surface area contributed by atoms with Gasteiger partial charge in [0.1, 0.15) is 0 Å². The summed E-state index contributed by atoms with van der Waals surface area (Å²) in [6, 6.07) is 25.6. The van der Waals surface area contributed by atoms with Crippen LogP contribution in [-0.2, 0) is 11.8 Å². The summed E-state index contributed by atoms with van der Waals surface area (Å²) in [4.78, 5) is 0. The van der Waals surface area contributed by atoms with Crippen LogP contribution >= 0.6 is 0 Å². The van der Waals surface area contributed by atoms with E-state index in [0.29, 0.717) is 13.2 Å². The second kappa shape index (κ2) is 7.57. The maximum Gasteiger partial charge on any atom is 0.231 e. The minimum Gasteiger partial charge on any atom is -0.454 e. The van der Waals surface area contributed by atoms with Gasteiger partial charge in [0, 0.05) is 29.8 Å². The summed E-state index contributed by atoms with van der Waals surface area (Å²) in [6.45, 7) is 5.92. The van der Waals surface area contributed by atoms with Crippen molar-refractivity contribution in [1.82, 2.24) is 4.57 Å². The first kappa shape index (κ1) is 19.2. The summed E-state index contributed by atoms with van der Waals surface area (Å²) in [5.74, 6) is 1.87. The molecule has 1 aromatic heterocycles. The van der Waals surface area contributed by atoms with Gasteiger partial charge in [0.15, 0.2) is 11.5 Å². The van der Waals surface area contributed by atoms with Crippen molar-refractivity contribution in [2.75, 3.05) is 20.0 Å². The Morgan fingerprint density at radius 1 is 0.938 bits per heavy atom. The number of hydrogen-bond donors (Lipinski definition) is 0. The van der Waals surface area contributed by atoms with Crippen molar-refractivity contribution in [2.24, 2.45) is 13.0 Å². The first-order chi connectivity index (χ1) is 15.7. The lowest BCUT2D eigenvalue weighted by molar-refractivity contribution is 0.174. The van der Waals surface area contributed by atoms with Crippen LogP contribution in [0.2, 0.25) is 0 Å². The van der Waals surface area contributed by atoms with E-state index in [-0.39, 0.29) is 18.6 Å². The molecule has 2 aliphatic heterocycles. The highest BCUT2D eigenvalue weighted by Crippen LogP contribution is 2.48. The Kier molecular flexibility index (Phi) is 4.54. The average molecular weight is 424 g/mol. The lowest BCUT2D eigenvalue weighted by atomic mass is 9.76. The van der Waals surface area contributed by atoms with Crippen molar-refractivity contribution >= 4 is 10.9 Å². The number of rotatable bonds is 4. The zero-order valence-corrected chi connectivity index (χ0v) is 18.1. The Labute approximate surface area is 187 Å². The van der Waals surface area contributed by atoms with Gasteiger partial charge in [0.05, 0.1) is 18.9 Å². The fourth-order valence-electron chi connectivity index (χ4n) is 5.26. The van der Waals surface area contributed by atoms with E-state index in [2.05, 4.69) is 84.9 Å². The summed E-state index contributed by atoms with van der Waals surface area (Å²) >= 11 is 0. The van der Waals surface area contributed by atoms with E-state index in [1.807, 2.05) is 6.07 Å². The molecular formula is C28H25NO3. The summed E-state index contributed by atoms with van der Waals surface area (Å²) in [5, 5.41) is 1.26. The molecule has 3 heterocycles. The molecule has 6 rings (SSSR count). The van der Waals surface area contributed by atoms with E-state index >= 15 is 0 Å². The quantitative estimate of drug-likeness (QED) is 0.383. The molecule has 1 fully saturated rings. The monoisotopic (exact) mass is 423 g/mol. The highest BCUT2D eigenvalue weighted by molar-refractivity contribution is 5.93. The number of para-hydroxylation sites is 1. The number of benzene rings is 3. The molecule has 2 atom stereocenters. The van der Waals surface area contributed by atoms with Crippen LogP contribution in [0.5, 0.6) is 11.5 Å². The molecule has 0 amide bonds. The van der Waals surface area contributed by atoms with Crippen molar-refractivity contribution in [2.45, 2.75) is 5.92 Å². The third-order valence-corrected chi connectivity index (χ3v) is 6.77. The molecular weight excluding hydrogens is 398 g/mol. The Balaban J connectivity index is 1.65. The Hall–Kier alpha value is -3.50. The molecule has 4 nitrogen and oxygen atoms in total. The molecule has 0 aliphatic carbocycles. The number of ether oxygens (including phenoxy) is 3. The normalized spacial score (nSPS) is 18.4. The number of aryl methyl sites for hydroxylation is 1. The van der Waals surface area contributed by atoms with E-state index in [1.54, 1.807) is 0 Å². The molecule has 4 heteroatoms. The Morgan fingerprint density at radius 2 is 1.72 bits per heavy atom. The molecule has 0 spiro atoms. The first-order valence-electron chi connectivity index (χ1n) is 11.0. The van der Waals surface area contributed by atoms with E-state index in [4.69, 9.17) is 14.2 Å². The molecule has 2 aliphatic rings. The number of nitrogens with zero attached hydrogens (tertiary/aromatic N) is 1. The van der Waals surface area contributed by atoms with Gasteiger partial charge >= 0.3 is 0 Å². The largest absolute Gasteiger partial charge is 0.454 e. The second-order valence-corrected chi connectivity index (χ2v) is 8.57. The second-order valence-electron chi connectivity index (χ2n) is 8.57. The van der Waals surface area contributed by atoms with Crippen LogP contribution in [0, 0.1) is 5.92 Å². The van der Waals surface area contributed by atoms with Gasteiger partial charge < -0.3 is 18.8 Å². The van der Waals surface area contributed by atoms with Crippen molar-refractivity contribution in [3.8, 4) is 22.8 Å². The summed E-state index contributed by atoms with van der Waals surface area (Å²) in [5.41, 5.74) is 7.30. The van der Waals surface area contributed by atoms with E-state index in [9.17, 15) is 0 Å². The predicted octanol–water partition coefficient (Wildman–Crippen LogP) is 5.91. The molecule has 1 saturated heterocycles. The molecule has 0 N–H and O–H groups in total. The summed E-state index contributed by atoms with van der Waals surface area (Å²) < 4.78 is 19.5. The molecule has 3 aromatic carbocycles. The van der Waals surface area contributed by atoms with Gasteiger partial charge in [-0.15, -0.1) is 0 Å². The van der Waals surface area contributed by atoms with Crippen molar-refractivity contribution in [3.05, 3.63) is 96.1 Å². The third-order valence-electron chi connectivity index (χ3n) is 6.77. The van der Waals surface area contributed by atoms with Gasteiger partial charge in [-0.2, -0.15) is 0 Å². The number of hydrogen-bond acceptors (Lipinski definition) is 3. The molecule has 0 radical (unpaired) electrons. The highest BCUT2D eigenvalue weighted by Gasteiger charge is 2.36. The van der Waals surface area contributed by atoms with Crippen LogP contribution in [0.25, 0.3) is 22.2 Å². The van der Waals surface area contributed by atoms with Gasteiger partial charge in [-0.25, -0.2) is 0 Å². The van der Waals surface area contributed by atoms with Crippen molar-refractivity contribution in [3.63, 3.8) is 0 Å². The highest BCUT2D eigenvalue weighted by atomic mass is 16.7. The topological polar surface area (TPSA) is 32.6 Å². The zero-order valence-electron chi connectivity index (χ0n) is 18.1. The van der Waals surface area contributed by atoms with Crippen molar-refractivity contribution in [1.29, 1.82) is 0 Å². The SMILES string of the molecule is C=C1COC[C@@H]1[C@H](c1ccc2c(c1)OCO2)c1c(-c2ccccc2)n(C)c2ccccc12. The maximum absolute atomic E-state index is 5.89. The van der Waals surface area contributed by atoms with Crippen LogP contribution in [0.3, 0.4) is 0 Å². The van der Waals surface area contributed by atoms with Crippen LogP contribution in [0.4, 0.5) is 0 Å². The van der Waals surface area contributed by atoms with Crippen LogP contribution in [0.15, 0.2) is 84.9 Å². The van der Waals surface area contributed by atoms with Crippen LogP contribution in [-0.4, -0.2) is 24.6 Å². The fourth-order valence-corrected chi connectivity index (χ4v) is 5.26. The number of aromatic nitrogens is 1. The third kappa shape index (κ3) is 2.94. The van der Waals surface area contributed by atoms with E-state index < -0.39 is 0 Å². The molecule has 0 bridgehead atoms. The molecule has 4 aromatic rings. The van der Waals surface area contributed by atoms with E-state index in [0.717, 1.165) is 17.1 Å². The molecule has 160 valence electrons. The smallest absolute Gasteiger partial charge is 0.231 e. The molecule has 0 unspecified atom stereocenters. The first-order valence-corrected chi connectivity index (χ1v) is 11.0. The maximum atomic E-state index is 5.89. The van der Waals surface area contributed by atoms with E-state index in [1.165, 1.54) is 33.3 Å². The average Bonchev–Trinajstić information content (AvgIpc) is 3.54. The predicted molar refractivity (Wildman–Crippen MR) is 126 cm³/mol. The van der Waals surface area contributed by atoms with Crippen LogP contribution in [0.1, 0.15) is 17.0 Å². The van der Waals surface area contributed by atoms with Gasteiger partial charge in [-0.3, -0.25) is 0 Å². The minimum absolute atomic E-state index is 0.0841. The zero-order chi connectivity index (χ0) is 21.7. The van der Waals surface area contributed by atoms with Gasteiger partial charge in [-0.1, -0.05) is 61.2 Å². The van der Waals surface area contributed by atoms with Crippen molar-refractivity contribution < 1.29 is 14.2 Å². The minimum atomic E-state index is 0.0841. The Bertz CT molecular complexity index is 1320. The Morgan fingerprint density at radius 3 is 2.53 bits per heavy atom. The fraction of sp³-hybridized carbons (Fsp3) is 0.214. The lowest BCUT2D eigenvalue weighted by Gasteiger charge is -2.26. The van der Waals surface area contributed by atoms with Gasteiger partial charge in [0.2, 0.25) is 6.79 Å². The van der Waals surface area contributed by atoms with Gasteiger partial charge in [0.25, 0.3) is 0 Å². The van der Waals surface area contributed by atoms with Gasteiger partial charge in [-0.05, 0) is 40.5 Å². The summed E-state index contributed by atoms with van der Waals surface area (Å²) in [6.07, 6.45) is 0.